The molecule has 0 radical (unpaired) electrons. The Morgan fingerprint density at radius 2 is 2.04 bits per heavy atom. The van der Waals surface area contributed by atoms with E-state index in [1.165, 1.54) is 6.92 Å². The van der Waals surface area contributed by atoms with E-state index in [-0.39, 0.29) is 35.7 Å². The number of nitrogens with one attached hydrogen (secondary N) is 1. The lowest BCUT2D eigenvalue weighted by atomic mass is 10.1. The van der Waals surface area contributed by atoms with Gasteiger partial charge in [-0.1, -0.05) is 18.2 Å². The topological polar surface area (TPSA) is 85.2 Å². The van der Waals surface area contributed by atoms with E-state index < -0.39 is 9.84 Å². The van der Waals surface area contributed by atoms with Gasteiger partial charge >= 0.3 is 0 Å². The highest BCUT2D eigenvalue weighted by Gasteiger charge is 2.28. The maximum atomic E-state index is 12.1. The summed E-state index contributed by atoms with van der Waals surface area (Å²) in [7, 11) is -3.00. The summed E-state index contributed by atoms with van der Waals surface area (Å²) in [6, 6.07) is 7.31. The van der Waals surface area contributed by atoms with Gasteiger partial charge in [0.2, 0.25) is 5.91 Å². The Kier molecular flexibility index (Phi) is 4.45. The summed E-state index contributed by atoms with van der Waals surface area (Å²) in [5.41, 5.74) is 1.56. The van der Waals surface area contributed by atoms with Crippen molar-refractivity contribution >= 4 is 32.4 Å². The molecule has 2 aromatic rings. The summed E-state index contributed by atoms with van der Waals surface area (Å²) in [4.78, 5) is 23.8. The first kappa shape index (κ1) is 16.7. The van der Waals surface area contributed by atoms with Crippen LogP contribution in [-0.2, 0) is 21.2 Å². The second-order valence-corrected chi connectivity index (χ2v) is 8.46. The number of sulfone groups is 1. The molecule has 1 aliphatic rings. The Morgan fingerprint density at radius 3 is 2.71 bits per heavy atom. The van der Waals surface area contributed by atoms with E-state index in [1.807, 2.05) is 28.8 Å². The lowest BCUT2D eigenvalue weighted by Crippen LogP contribution is -2.35. The fourth-order valence-corrected chi connectivity index (χ4v) is 4.82. The first-order valence-electron chi connectivity index (χ1n) is 7.94. The molecule has 0 bridgehead atoms. The number of carbonyl (C=O) groups excluding carboxylic acids is 2. The predicted molar refractivity (Wildman–Crippen MR) is 91.8 cm³/mol. The number of aryl methyl sites for hydroxylation is 1. The smallest absolute Gasteiger partial charge is 0.222 e. The Labute approximate surface area is 140 Å². The number of benzene rings is 1. The van der Waals surface area contributed by atoms with E-state index >= 15 is 0 Å². The van der Waals surface area contributed by atoms with Gasteiger partial charge in [0.1, 0.15) is 0 Å². The number of ketones is 1. The minimum atomic E-state index is -3.00. The third kappa shape index (κ3) is 3.51. The van der Waals surface area contributed by atoms with Crippen molar-refractivity contribution in [3.63, 3.8) is 0 Å². The van der Waals surface area contributed by atoms with Crippen LogP contribution in [0.3, 0.4) is 0 Å². The molecule has 128 valence electrons. The third-order valence-electron chi connectivity index (χ3n) is 4.35. The van der Waals surface area contributed by atoms with Crippen LogP contribution in [0.25, 0.3) is 10.9 Å². The van der Waals surface area contributed by atoms with Crippen LogP contribution in [0.1, 0.15) is 30.1 Å². The van der Waals surface area contributed by atoms with Crippen LogP contribution in [0.15, 0.2) is 30.5 Å². The molecule has 0 aliphatic carbocycles. The first-order chi connectivity index (χ1) is 11.4. The van der Waals surface area contributed by atoms with E-state index in [9.17, 15) is 18.0 Å². The van der Waals surface area contributed by atoms with E-state index in [0.29, 0.717) is 18.5 Å². The van der Waals surface area contributed by atoms with Crippen molar-refractivity contribution in [1.29, 1.82) is 0 Å². The van der Waals surface area contributed by atoms with Gasteiger partial charge in [0, 0.05) is 41.7 Å². The highest BCUT2D eigenvalue weighted by molar-refractivity contribution is 7.91. The van der Waals surface area contributed by atoms with Crippen molar-refractivity contribution in [3.05, 3.63) is 36.0 Å². The molecule has 2 heterocycles. The van der Waals surface area contributed by atoms with Crippen LogP contribution < -0.4 is 5.32 Å². The second kappa shape index (κ2) is 6.39. The van der Waals surface area contributed by atoms with E-state index in [0.717, 1.165) is 10.9 Å². The summed E-state index contributed by atoms with van der Waals surface area (Å²) in [6.45, 7) is 1.97. The lowest BCUT2D eigenvalue weighted by molar-refractivity contribution is -0.121. The molecular weight excluding hydrogens is 328 g/mol. The average Bonchev–Trinajstić information content (AvgIpc) is 3.05. The lowest BCUT2D eigenvalue weighted by Gasteiger charge is -2.11. The highest BCUT2D eigenvalue weighted by Crippen LogP contribution is 2.22. The Bertz CT molecular complexity index is 898. The largest absolute Gasteiger partial charge is 0.352 e. The molecule has 1 fully saturated rings. The minimum absolute atomic E-state index is 0.00874. The molecule has 1 aromatic heterocycles. The van der Waals surface area contributed by atoms with Crippen molar-refractivity contribution in [2.24, 2.45) is 0 Å². The maximum absolute atomic E-state index is 12.1. The second-order valence-electron chi connectivity index (χ2n) is 6.23. The summed E-state index contributed by atoms with van der Waals surface area (Å²) in [5, 5.41) is 3.67. The zero-order valence-corrected chi connectivity index (χ0v) is 14.3. The number of aromatic nitrogens is 1. The van der Waals surface area contributed by atoms with Crippen molar-refractivity contribution in [3.8, 4) is 0 Å². The molecular formula is C17H20N2O4S. The van der Waals surface area contributed by atoms with Crippen LogP contribution in [-0.4, -0.2) is 42.2 Å². The molecule has 3 rings (SSSR count). The SMILES string of the molecule is CC(=O)c1cn(CCC(=O)NC2CCS(=O)(=O)C2)c2ccccc12. The highest BCUT2D eigenvalue weighted by atomic mass is 32.2. The van der Waals surface area contributed by atoms with Gasteiger partial charge in [0.25, 0.3) is 0 Å². The van der Waals surface area contributed by atoms with Gasteiger partial charge in [-0.15, -0.1) is 0 Å². The summed E-state index contributed by atoms with van der Waals surface area (Å²) in [6.07, 6.45) is 2.50. The molecule has 1 N–H and O–H groups in total. The van der Waals surface area contributed by atoms with Gasteiger partial charge in [-0.3, -0.25) is 9.59 Å². The molecule has 1 amide bonds. The van der Waals surface area contributed by atoms with Crippen molar-refractivity contribution < 1.29 is 18.0 Å². The van der Waals surface area contributed by atoms with E-state index in [4.69, 9.17) is 0 Å². The molecule has 7 heteroatoms. The number of amides is 1. The van der Waals surface area contributed by atoms with Crippen LogP contribution in [0.5, 0.6) is 0 Å². The number of fused-ring (bicyclic) bond motifs is 1. The molecule has 1 aromatic carbocycles. The van der Waals surface area contributed by atoms with Gasteiger partial charge in [-0.05, 0) is 19.4 Å². The van der Waals surface area contributed by atoms with Crippen LogP contribution in [0.2, 0.25) is 0 Å². The fraction of sp³-hybridized carbons (Fsp3) is 0.412. The van der Waals surface area contributed by atoms with Crippen LogP contribution in [0.4, 0.5) is 0 Å². The van der Waals surface area contributed by atoms with Gasteiger partial charge in [0.05, 0.1) is 11.5 Å². The van der Waals surface area contributed by atoms with Crippen molar-refractivity contribution in [1.82, 2.24) is 9.88 Å². The molecule has 1 atom stereocenters. The van der Waals surface area contributed by atoms with Crippen molar-refractivity contribution in [2.75, 3.05) is 11.5 Å². The minimum Gasteiger partial charge on any atom is -0.352 e. The molecule has 1 saturated heterocycles. The monoisotopic (exact) mass is 348 g/mol. The average molecular weight is 348 g/mol. The van der Waals surface area contributed by atoms with Gasteiger partial charge in [-0.25, -0.2) is 8.42 Å². The number of carbonyl (C=O) groups is 2. The zero-order valence-electron chi connectivity index (χ0n) is 13.5. The zero-order chi connectivity index (χ0) is 17.3. The number of rotatable bonds is 5. The maximum Gasteiger partial charge on any atom is 0.222 e. The van der Waals surface area contributed by atoms with Crippen LogP contribution in [0, 0.1) is 0 Å². The Hall–Kier alpha value is -2.15. The third-order valence-corrected chi connectivity index (χ3v) is 6.11. The number of Topliss-reactive ketones (excluding diaryl/α,β-unsaturated/α-hetero) is 1. The van der Waals surface area contributed by atoms with Crippen LogP contribution >= 0.6 is 0 Å². The van der Waals surface area contributed by atoms with Gasteiger partial charge < -0.3 is 9.88 Å². The normalized spacial score (nSPS) is 19.5. The molecule has 0 spiro atoms. The van der Waals surface area contributed by atoms with Gasteiger partial charge in [-0.2, -0.15) is 0 Å². The quantitative estimate of drug-likeness (QED) is 0.831. The predicted octanol–water partition coefficient (Wildman–Crippen LogP) is 1.54. The van der Waals surface area contributed by atoms with E-state index in [2.05, 4.69) is 5.32 Å². The molecule has 24 heavy (non-hydrogen) atoms. The Balaban J connectivity index is 1.68. The Morgan fingerprint density at radius 1 is 1.29 bits per heavy atom. The summed E-state index contributed by atoms with van der Waals surface area (Å²) < 4.78 is 24.8. The summed E-state index contributed by atoms with van der Waals surface area (Å²) in [5.74, 6) is -0.00761. The van der Waals surface area contributed by atoms with E-state index in [1.54, 1.807) is 6.20 Å². The molecule has 0 saturated carbocycles. The number of hydrogen-bond acceptors (Lipinski definition) is 4. The molecule has 6 nitrogen and oxygen atoms in total. The summed E-state index contributed by atoms with van der Waals surface area (Å²) >= 11 is 0. The standard InChI is InChI=1S/C17H20N2O4S/c1-12(20)15-10-19(16-5-3-2-4-14(15)16)8-6-17(21)18-13-7-9-24(22,23)11-13/h2-5,10,13H,6-9,11H2,1H3,(H,18,21). The number of nitrogens with zero attached hydrogens (tertiary/aromatic N) is 1. The fourth-order valence-electron chi connectivity index (χ4n) is 3.14. The molecule has 1 unspecified atom stereocenters. The number of para-hydroxylation sites is 1. The van der Waals surface area contributed by atoms with Gasteiger partial charge in [0.15, 0.2) is 15.6 Å². The first-order valence-corrected chi connectivity index (χ1v) is 9.76. The number of hydrogen-bond donors (Lipinski definition) is 1. The molecule has 1 aliphatic heterocycles. The van der Waals surface area contributed by atoms with Crippen molar-refractivity contribution in [2.45, 2.75) is 32.4 Å².